The Kier molecular flexibility index (Phi) is 6.83. The number of ether oxygens (including phenoxy) is 2. The topological polar surface area (TPSA) is 91.3 Å². The maximum atomic E-state index is 17.0. The summed E-state index contributed by atoms with van der Waals surface area (Å²) in [6.07, 6.45) is 0.514. The van der Waals surface area contributed by atoms with Crippen LogP contribution in [0.1, 0.15) is 18.5 Å². The second kappa shape index (κ2) is 10.5. The number of hydrogen-bond donors (Lipinski definition) is 1. The third kappa shape index (κ3) is 4.63. The molecular formula is C32H33ClFN5O4. The Bertz CT molecular complexity index is 1760. The highest BCUT2D eigenvalue weighted by Gasteiger charge is 2.60. The molecule has 1 aliphatic carbocycles. The van der Waals surface area contributed by atoms with E-state index in [1.54, 1.807) is 19.2 Å². The lowest BCUT2D eigenvalue weighted by atomic mass is 9.88. The molecule has 1 N–H and O–H groups in total. The SMILES string of the molecule is COCOc1cc(-c2c(Cl)cc3c(C45CCN(C(=O)O)CC4C5)nc(N4CC(N(C)C)C4)nc3c2F)c2ccccc2c1. The van der Waals surface area contributed by atoms with Crippen LogP contribution in [-0.4, -0.2) is 91.2 Å². The molecule has 0 spiro atoms. The fourth-order valence-corrected chi connectivity index (χ4v) is 7.09. The molecule has 43 heavy (non-hydrogen) atoms. The van der Waals surface area contributed by atoms with Gasteiger partial charge in [-0.2, -0.15) is 0 Å². The summed E-state index contributed by atoms with van der Waals surface area (Å²) in [7, 11) is 5.63. The van der Waals surface area contributed by atoms with Gasteiger partial charge in [0.05, 0.1) is 10.7 Å². The van der Waals surface area contributed by atoms with Gasteiger partial charge in [0.25, 0.3) is 0 Å². The number of methoxy groups -OCH3 is 1. The lowest BCUT2D eigenvalue weighted by Crippen LogP contribution is -2.58. The van der Waals surface area contributed by atoms with Gasteiger partial charge in [-0.25, -0.2) is 19.2 Å². The second-order valence-corrected chi connectivity index (χ2v) is 12.5. The van der Waals surface area contributed by atoms with Crippen LogP contribution in [0.3, 0.4) is 0 Å². The Morgan fingerprint density at radius 3 is 2.67 bits per heavy atom. The van der Waals surface area contributed by atoms with Crippen LogP contribution in [-0.2, 0) is 10.2 Å². The first-order chi connectivity index (χ1) is 20.7. The zero-order valence-electron chi connectivity index (χ0n) is 24.3. The van der Waals surface area contributed by atoms with Crippen molar-refractivity contribution in [3.05, 3.63) is 59.0 Å². The number of carboxylic acid groups (broad SMARTS) is 1. The summed E-state index contributed by atoms with van der Waals surface area (Å²) in [5, 5.41) is 12.1. The molecular weight excluding hydrogens is 573 g/mol. The fourth-order valence-electron chi connectivity index (χ4n) is 6.80. The summed E-state index contributed by atoms with van der Waals surface area (Å²) in [6.45, 7) is 2.39. The molecule has 3 heterocycles. The van der Waals surface area contributed by atoms with E-state index in [1.165, 1.54) is 4.90 Å². The van der Waals surface area contributed by atoms with E-state index in [-0.39, 0.29) is 34.2 Å². The Hall–Kier alpha value is -3.73. The predicted octanol–water partition coefficient (Wildman–Crippen LogP) is 5.62. The maximum absolute atomic E-state index is 17.0. The quantitative estimate of drug-likeness (QED) is 0.272. The second-order valence-electron chi connectivity index (χ2n) is 12.1. The third-order valence-corrected chi connectivity index (χ3v) is 9.74. The van der Waals surface area contributed by atoms with E-state index in [9.17, 15) is 9.90 Å². The normalized spacial score (nSPS) is 21.8. The van der Waals surface area contributed by atoms with Gasteiger partial charge in [0.15, 0.2) is 12.6 Å². The van der Waals surface area contributed by atoms with Gasteiger partial charge >= 0.3 is 6.09 Å². The molecule has 224 valence electrons. The van der Waals surface area contributed by atoms with Crippen molar-refractivity contribution in [2.24, 2.45) is 5.92 Å². The molecule has 0 radical (unpaired) electrons. The zero-order valence-corrected chi connectivity index (χ0v) is 25.1. The lowest BCUT2D eigenvalue weighted by molar-refractivity contribution is 0.0512. The third-order valence-electron chi connectivity index (χ3n) is 9.44. The molecule has 1 saturated carbocycles. The number of halogens is 2. The monoisotopic (exact) mass is 605 g/mol. The van der Waals surface area contributed by atoms with E-state index < -0.39 is 11.9 Å². The van der Waals surface area contributed by atoms with Crippen LogP contribution in [0, 0.1) is 11.7 Å². The average molecular weight is 606 g/mol. The molecule has 1 amide bonds. The van der Waals surface area contributed by atoms with Crippen molar-refractivity contribution < 1.29 is 23.8 Å². The molecule has 2 unspecified atom stereocenters. The number of rotatable bonds is 7. The molecule has 3 aliphatic rings. The Balaban J connectivity index is 1.41. The molecule has 2 saturated heterocycles. The van der Waals surface area contributed by atoms with Gasteiger partial charge in [0, 0.05) is 55.7 Å². The molecule has 0 bridgehead atoms. The number of carbonyl (C=O) groups is 1. The first-order valence-corrected chi connectivity index (χ1v) is 14.8. The standard InChI is InChI=1S/C32H33ClFN5O4/c1-37(2)20-15-39(16-20)30-35-28-24(29(36-30)32-8-9-38(31(40)41)14-19(32)13-32)12-25(33)26(27(28)34)23-11-21(43-17-42-3)10-18-6-4-5-7-22(18)23/h4-7,10-12,19-20H,8-9,13-17H2,1-3H3,(H,40,41). The number of likely N-dealkylation sites (tertiary alicyclic amines) is 1. The highest BCUT2D eigenvalue weighted by Crippen LogP contribution is 2.60. The summed E-state index contributed by atoms with van der Waals surface area (Å²) in [5.74, 6) is 0.642. The smallest absolute Gasteiger partial charge is 0.407 e. The fraction of sp³-hybridized carbons (Fsp3) is 0.406. The Morgan fingerprint density at radius 1 is 1.16 bits per heavy atom. The molecule has 11 heteroatoms. The number of anilines is 1. The number of nitrogens with zero attached hydrogens (tertiary/aromatic N) is 5. The summed E-state index contributed by atoms with van der Waals surface area (Å²) in [4.78, 5) is 27.3. The van der Waals surface area contributed by atoms with E-state index in [1.807, 2.05) is 44.4 Å². The van der Waals surface area contributed by atoms with Crippen LogP contribution in [0.5, 0.6) is 5.75 Å². The van der Waals surface area contributed by atoms with Crippen LogP contribution in [0.2, 0.25) is 5.02 Å². The molecule has 1 aromatic heterocycles. The largest absolute Gasteiger partial charge is 0.468 e. The van der Waals surface area contributed by atoms with Crippen molar-refractivity contribution in [2.75, 3.05) is 59.1 Å². The van der Waals surface area contributed by atoms with Crippen molar-refractivity contribution in [2.45, 2.75) is 24.3 Å². The minimum absolute atomic E-state index is 0.0536. The van der Waals surface area contributed by atoms with Crippen molar-refractivity contribution in [1.82, 2.24) is 19.8 Å². The number of likely N-dealkylation sites (N-methyl/N-ethyl adjacent to an activating group) is 1. The van der Waals surface area contributed by atoms with Gasteiger partial charge in [0.2, 0.25) is 5.95 Å². The number of aromatic nitrogens is 2. The molecule has 7 rings (SSSR count). The van der Waals surface area contributed by atoms with E-state index in [2.05, 4.69) is 9.80 Å². The van der Waals surface area contributed by atoms with Crippen molar-refractivity contribution in [3.63, 3.8) is 0 Å². The molecule has 2 atom stereocenters. The van der Waals surface area contributed by atoms with E-state index in [0.29, 0.717) is 48.2 Å². The Labute approximate surface area is 253 Å². The van der Waals surface area contributed by atoms with Crippen molar-refractivity contribution in [1.29, 1.82) is 0 Å². The number of fused-ring (bicyclic) bond motifs is 3. The predicted molar refractivity (Wildman–Crippen MR) is 164 cm³/mol. The minimum Gasteiger partial charge on any atom is -0.468 e. The number of amides is 1. The Morgan fingerprint density at radius 2 is 1.95 bits per heavy atom. The molecule has 2 aliphatic heterocycles. The summed E-state index contributed by atoms with van der Waals surface area (Å²) < 4.78 is 27.9. The molecule has 4 aromatic rings. The van der Waals surface area contributed by atoms with Crippen molar-refractivity contribution >= 4 is 45.3 Å². The van der Waals surface area contributed by atoms with Crippen molar-refractivity contribution in [3.8, 4) is 16.9 Å². The number of benzene rings is 3. The lowest BCUT2D eigenvalue weighted by Gasteiger charge is -2.43. The van der Waals surface area contributed by atoms with Crippen LogP contribution in [0.25, 0.3) is 32.8 Å². The van der Waals surface area contributed by atoms with Crippen LogP contribution in [0.15, 0.2) is 42.5 Å². The summed E-state index contributed by atoms with van der Waals surface area (Å²) in [6, 6.07) is 13.5. The maximum Gasteiger partial charge on any atom is 0.407 e. The van der Waals surface area contributed by atoms with Crippen LogP contribution < -0.4 is 9.64 Å². The molecule has 9 nitrogen and oxygen atoms in total. The number of hydrogen-bond acceptors (Lipinski definition) is 7. The summed E-state index contributed by atoms with van der Waals surface area (Å²) in [5.41, 5.74) is 1.52. The van der Waals surface area contributed by atoms with Gasteiger partial charge in [0.1, 0.15) is 11.3 Å². The highest BCUT2D eigenvalue weighted by molar-refractivity contribution is 6.34. The van der Waals surface area contributed by atoms with Gasteiger partial charge < -0.3 is 29.3 Å². The average Bonchev–Trinajstić information content (AvgIpc) is 3.70. The van der Waals surface area contributed by atoms with E-state index in [4.69, 9.17) is 31.0 Å². The van der Waals surface area contributed by atoms with Gasteiger partial charge in [-0.05, 0) is 67.4 Å². The van der Waals surface area contributed by atoms with Crippen LogP contribution in [0.4, 0.5) is 15.1 Å². The highest BCUT2D eigenvalue weighted by atomic mass is 35.5. The zero-order chi connectivity index (χ0) is 30.0. The van der Waals surface area contributed by atoms with Crippen LogP contribution >= 0.6 is 11.6 Å². The first kappa shape index (κ1) is 28.1. The number of piperidine rings is 1. The molecule has 3 aromatic carbocycles. The van der Waals surface area contributed by atoms with E-state index >= 15 is 4.39 Å². The van der Waals surface area contributed by atoms with Gasteiger partial charge in [-0.1, -0.05) is 35.9 Å². The summed E-state index contributed by atoms with van der Waals surface area (Å²) >= 11 is 6.97. The van der Waals surface area contributed by atoms with Gasteiger partial charge in [-0.3, -0.25) is 0 Å². The van der Waals surface area contributed by atoms with E-state index in [0.717, 1.165) is 36.0 Å². The molecule has 3 fully saturated rings. The minimum atomic E-state index is -0.910. The first-order valence-electron chi connectivity index (χ1n) is 14.4. The van der Waals surface area contributed by atoms with Gasteiger partial charge in [-0.15, -0.1) is 0 Å².